The molecule has 0 bridgehead atoms. The van der Waals surface area contributed by atoms with Gasteiger partial charge in [0.15, 0.2) is 0 Å². The van der Waals surface area contributed by atoms with E-state index in [1.807, 2.05) is 0 Å². The van der Waals surface area contributed by atoms with Gasteiger partial charge in [-0.15, -0.1) is 0 Å². The average molecular weight is 337 g/mol. The summed E-state index contributed by atoms with van der Waals surface area (Å²) in [7, 11) is 0. The second kappa shape index (κ2) is 5.32. The van der Waals surface area contributed by atoms with Gasteiger partial charge >= 0.3 is 0 Å². The van der Waals surface area contributed by atoms with Gasteiger partial charge in [0.1, 0.15) is 5.75 Å². The molecular formula is C16H21BrN2O. The van der Waals surface area contributed by atoms with Gasteiger partial charge in [-0.1, -0.05) is 15.9 Å². The highest BCUT2D eigenvalue weighted by atomic mass is 79.9. The first-order valence-corrected chi connectivity index (χ1v) is 8.49. The molecule has 2 atom stereocenters. The van der Waals surface area contributed by atoms with Crippen molar-refractivity contribution in [2.24, 2.45) is 5.92 Å². The maximum Gasteiger partial charge on any atom is 0.127 e. The van der Waals surface area contributed by atoms with E-state index in [1.54, 1.807) is 0 Å². The van der Waals surface area contributed by atoms with Crippen molar-refractivity contribution < 1.29 is 4.74 Å². The Labute approximate surface area is 128 Å². The summed E-state index contributed by atoms with van der Waals surface area (Å²) in [6, 6.07) is 5.15. The van der Waals surface area contributed by atoms with Crippen LogP contribution in [0.5, 0.6) is 5.75 Å². The molecule has 3 nitrogen and oxygen atoms in total. The molecule has 2 fully saturated rings. The van der Waals surface area contributed by atoms with Crippen LogP contribution in [-0.4, -0.2) is 37.2 Å². The molecule has 1 aromatic carbocycles. The van der Waals surface area contributed by atoms with Gasteiger partial charge in [0, 0.05) is 42.1 Å². The Bertz CT molecular complexity index is 505. The van der Waals surface area contributed by atoms with Crippen LogP contribution in [0.1, 0.15) is 24.0 Å². The highest BCUT2D eigenvalue weighted by Gasteiger charge is 2.34. The normalized spacial score (nSPS) is 29.1. The Morgan fingerprint density at radius 2 is 2.30 bits per heavy atom. The van der Waals surface area contributed by atoms with Gasteiger partial charge in [-0.3, -0.25) is 4.90 Å². The molecule has 0 unspecified atom stereocenters. The van der Waals surface area contributed by atoms with E-state index in [0.717, 1.165) is 31.2 Å². The molecule has 4 rings (SSSR count). The maximum absolute atomic E-state index is 5.85. The first kappa shape index (κ1) is 13.1. The molecule has 1 N–H and O–H groups in total. The number of rotatable bonds is 2. The van der Waals surface area contributed by atoms with Crippen LogP contribution < -0.4 is 10.1 Å². The number of halogens is 1. The summed E-state index contributed by atoms with van der Waals surface area (Å²) in [5.41, 5.74) is 2.72. The highest BCUT2D eigenvalue weighted by Crippen LogP contribution is 2.35. The monoisotopic (exact) mass is 336 g/mol. The van der Waals surface area contributed by atoms with Crippen LogP contribution in [0.3, 0.4) is 0 Å². The van der Waals surface area contributed by atoms with Gasteiger partial charge in [-0.2, -0.15) is 0 Å². The molecule has 20 heavy (non-hydrogen) atoms. The molecule has 0 saturated carbocycles. The predicted octanol–water partition coefficient (Wildman–Crippen LogP) is 2.57. The first-order valence-electron chi connectivity index (χ1n) is 7.69. The second-order valence-electron chi connectivity index (χ2n) is 6.31. The van der Waals surface area contributed by atoms with Gasteiger partial charge in [-0.25, -0.2) is 0 Å². The zero-order chi connectivity index (χ0) is 13.5. The number of hydrogen-bond donors (Lipinski definition) is 1. The SMILES string of the molecule is Brc1cc2c(c(CN3C[C@@H]4CCCN[C@@H]4C3)c1)OCC2. The van der Waals surface area contributed by atoms with Crippen LogP contribution in [0, 0.1) is 5.92 Å². The molecule has 0 aliphatic carbocycles. The lowest BCUT2D eigenvalue weighted by Crippen LogP contribution is -2.40. The molecule has 108 valence electrons. The Balaban J connectivity index is 1.52. The predicted molar refractivity (Wildman–Crippen MR) is 83.1 cm³/mol. The van der Waals surface area contributed by atoms with E-state index >= 15 is 0 Å². The van der Waals surface area contributed by atoms with E-state index in [0.29, 0.717) is 6.04 Å². The number of likely N-dealkylation sites (tertiary alicyclic amines) is 1. The Hall–Kier alpha value is -0.580. The summed E-state index contributed by atoms with van der Waals surface area (Å²) >= 11 is 3.64. The lowest BCUT2D eigenvalue weighted by molar-refractivity contribution is 0.300. The molecule has 3 heterocycles. The largest absolute Gasteiger partial charge is 0.493 e. The minimum Gasteiger partial charge on any atom is -0.493 e. The molecule has 2 saturated heterocycles. The summed E-state index contributed by atoms with van der Waals surface area (Å²) in [5, 5.41) is 3.68. The number of nitrogens with zero attached hydrogens (tertiary/aromatic N) is 1. The minimum atomic E-state index is 0.713. The zero-order valence-corrected chi connectivity index (χ0v) is 13.3. The topological polar surface area (TPSA) is 24.5 Å². The van der Waals surface area contributed by atoms with Crippen molar-refractivity contribution in [1.82, 2.24) is 10.2 Å². The van der Waals surface area contributed by atoms with E-state index in [4.69, 9.17) is 4.74 Å². The molecule has 0 amide bonds. The average Bonchev–Trinajstić information content (AvgIpc) is 3.03. The third-order valence-electron chi connectivity index (χ3n) is 4.89. The fourth-order valence-electron chi connectivity index (χ4n) is 3.97. The van der Waals surface area contributed by atoms with Gasteiger partial charge in [0.05, 0.1) is 6.61 Å². The van der Waals surface area contributed by atoms with Crippen molar-refractivity contribution in [3.63, 3.8) is 0 Å². The van der Waals surface area contributed by atoms with Crippen molar-refractivity contribution in [3.8, 4) is 5.75 Å². The Kier molecular flexibility index (Phi) is 3.49. The molecule has 3 aliphatic rings. The van der Waals surface area contributed by atoms with E-state index < -0.39 is 0 Å². The molecule has 3 aliphatic heterocycles. The number of piperidine rings is 1. The Morgan fingerprint density at radius 3 is 3.20 bits per heavy atom. The first-order chi connectivity index (χ1) is 9.79. The van der Waals surface area contributed by atoms with Crippen LogP contribution in [0.2, 0.25) is 0 Å². The zero-order valence-electron chi connectivity index (χ0n) is 11.7. The highest BCUT2D eigenvalue weighted by molar-refractivity contribution is 9.10. The number of nitrogens with one attached hydrogen (secondary N) is 1. The molecule has 0 radical (unpaired) electrons. The molecule has 4 heteroatoms. The molecule has 0 aromatic heterocycles. The quantitative estimate of drug-likeness (QED) is 0.898. The number of benzene rings is 1. The van der Waals surface area contributed by atoms with Crippen LogP contribution in [-0.2, 0) is 13.0 Å². The van der Waals surface area contributed by atoms with E-state index in [2.05, 4.69) is 38.3 Å². The van der Waals surface area contributed by atoms with Crippen molar-refractivity contribution in [1.29, 1.82) is 0 Å². The summed E-state index contributed by atoms with van der Waals surface area (Å²) in [6.45, 7) is 5.48. The minimum absolute atomic E-state index is 0.713. The Morgan fingerprint density at radius 1 is 1.35 bits per heavy atom. The maximum atomic E-state index is 5.85. The fraction of sp³-hybridized carbons (Fsp3) is 0.625. The third kappa shape index (κ3) is 2.38. The van der Waals surface area contributed by atoms with Crippen molar-refractivity contribution in [3.05, 3.63) is 27.7 Å². The lowest BCUT2D eigenvalue weighted by atomic mass is 9.94. The standard InChI is InChI=1S/C16H21BrN2O/c17-14-6-11-3-5-20-16(11)13(7-14)9-19-8-12-2-1-4-18-15(12)10-19/h6-7,12,15,18H,1-5,8-10H2/t12-,15+/m0/s1. The smallest absolute Gasteiger partial charge is 0.127 e. The molecular weight excluding hydrogens is 316 g/mol. The summed E-state index contributed by atoms with van der Waals surface area (Å²) in [6.07, 6.45) is 3.78. The van der Waals surface area contributed by atoms with Crippen molar-refractivity contribution >= 4 is 15.9 Å². The van der Waals surface area contributed by atoms with Gasteiger partial charge in [0.2, 0.25) is 0 Å². The van der Waals surface area contributed by atoms with Crippen LogP contribution >= 0.6 is 15.9 Å². The van der Waals surface area contributed by atoms with Crippen molar-refractivity contribution in [2.45, 2.75) is 31.8 Å². The number of fused-ring (bicyclic) bond motifs is 2. The molecule has 1 aromatic rings. The van der Waals surface area contributed by atoms with E-state index in [1.165, 1.54) is 48.1 Å². The number of hydrogen-bond acceptors (Lipinski definition) is 3. The lowest BCUT2D eigenvalue weighted by Gasteiger charge is -2.24. The van der Waals surface area contributed by atoms with Crippen LogP contribution in [0.15, 0.2) is 16.6 Å². The van der Waals surface area contributed by atoms with Gasteiger partial charge in [-0.05, 0) is 43.0 Å². The summed E-state index contributed by atoms with van der Waals surface area (Å²) in [4.78, 5) is 2.59. The second-order valence-corrected chi connectivity index (χ2v) is 7.22. The number of ether oxygens (including phenoxy) is 1. The summed E-state index contributed by atoms with van der Waals surface area (Å²) < 4.78 is 7.04. The fourth-order valence-corrected chi connectivity index (χ4v) is 4.52. The van der Waals surface area contributed by atoms with E-state index in [9.17, 15) is 0 Å². The molecule has 0 spiro atoms. The van der Waals surface area contributed by atoms with Gasteiger partial charge < -0.3 is 10.1 Å². The van der Waals surface area contributed by atoms with Gasteiger partial charge in [0.25, 0.3) is 0 Å². The van der Waals surface area contributed by atoms with E-state index in [-0.39, 0.29) is 0 Å². The summed E-state index contributed by atoms with van der Waals surface area (Å²) in [5.74, 6) is 2.00. The van der Waals surface area contributed by atoms with Crippen molar-refractivity contribution in [2.75, 3.05) is 26.2 Å². The van der Waals surface area contributed by atoms with Crippen LogP contribution in [0.4, 0.5) is 0 Å². The third-order valence-corrected chi connectivity index (χ3v) is 5.35. The van der Waals surface area contributed by atoms with Crippen LogP contribution in [0.25, 0.3) is 0 Å².